The molecular weight excluding hydrogens is 434 g/mol. The first-order chi connectivity index (χ1) is 14.1. The molecule has 1 aliphatic rings. The summed E-state index contributed by atoms with van der Waals surface area (Å²) in [6.45, 7) is 1.12. The number of benzene rings is 2. The summed E-state index contributed by atoms with van der Waals surface area (Å²) in [5.41, 5.74) is 0.976. The standard InChI is InChI=1S/C22H20BrN3O3/c23-17-6-4-5-16(15-17)22(11-13-29-14-12-22)24-21(28)19-9-10-20(27)26(25-19)18-7-2-1-3-8-18/h1-10,15H,11-14H2,(H,24,28). The van der Waals surface area contributed by atoms with Crippen LogP contribution in [0.25, 0.3) is 5.69 Å². The Balaban J connectivity index is 1.68. The van der Waals surface area contributed by atoms with Crippen molar-refractivity contribution in [2.24, 2.45) is 0 Å². The van der Waals surface area contributed by atoms with Gasteiger partial charge in [-0.15, -0.1) is 0 Å². The van der Waals surface area contributed by atoms with Crippen LogP contribution in [0.4, 0.5) is 0 Å². The van der Waals surface area contributed by atoms with Crippen LogP contribution >= 0.6 is 15.9 Å². The van der Waals surface area contributed by atoms with Gasteiger partial charge in [0, 0.05) is 23.8 Å². The molecular formula is C22H20BrN3O3. The lowest BCUT2D eigenvalue weighted by molar-refractivity contribution is 0.0343. The van der Waals surface area contributed by atoms with E-state index >= 15 is 0 Å². The maximum atomic E-state index is 13.1. The number of halogens is 1. The fraction of sp³-hybridized carbons (Fsp3) is 0.227. The lowest BCUT2D eigenvalue weighted by Crippen LogP contribution is -2.50. The van der Waals surface area contributed by atoms with E-state index in [-0.39, 0.29) is 17.2 Å². The minimum Gasteiger partial charge on any atom is -0.381 e. The van der Waals surface area contributed by atoms with E-state index in [2.05, 4.69) is 26.3 Å². The van der Waals surface area contributed by atoms with Crippen LogP contribution < -0.4 is 10.9 Å². The number of para-hydroxylation sites is 1. The summed E-state index contributed by atoms with van der Waals surface area (Å²) in [6.07, 6.45) is 1.32. The molecule has 2 aromatic carbocycles. The van der Waals surface area contributed by atoms with Crippen LogP contribution in [0.2, 0.25) is 0 Å². The molecule has 7 heteroatoms. The Kier molecular flexibility index (Phi) is 5.60. The van der Waals surface area contributed by atoms with Crippen molar-refractivity contribution in [1.29, 1.82) is 0 Å². The van der Waals surface area contributed by atoms with Crippen molar-refractivity contribution in [2.75, 3.05) is 13.2 Å². The van der Waals surface area contributed by atoms with Gasteiger partial charge in [0.25, 0.3) is 11.5 Å². The molecule has 1 aromatic heterocycles. The van der Waals surface area contributed by atoms with E-state index in [0.29, 0.717) is 31.7 Å². The molecule has 1 fully saturated rings. The summed E-state index contributed by atoms with van der Waals surface area (Å²) in [4.78, 5) is 25.4. The highest BCUT2D eigenvalue weighted by Gasteiger charge is 2.36. The minimum absolute atomic E-state index is 0.189. The van der Waals surface area contributed by atoms with Gasteiger partial charge in [-0.05, 0) is 48.7 Å². The maximum Gasteiger partial charge on any atom is 0.272 e. The van der Waals surface area contributed by atoms with Crippen LogP contribution in [0.15, 0.2) is 76.0 Å². The average molecular weight is 454 g/mol. The highest BCUT2D eigenvalue weighted by Crippen LogP contribution is 2.33. The fourth-order valence-electron chi connectivity index (χ4n) is 3.56. The van der Waals surface area contributed by atoms with Crippen molar-refractivity contribution in [2.45, 2.75) is 18.4 Å². The summed E-state index contributed by atoms with van der Waals surface area (Å²) in [5.74, 6) is -0.323. The first kappa shape index (κ1) is 19.5. The van der Waals surface area contributed by atoms with Gasteiger partial charge in [-0.2, -0.15) is 9.78 Å². The van der Waals surface area contributed by atoms with Crippen molar-refractivity contribution >= 4 is 21.8 Å². The molecule has 4 rings (SSSR count). The summed E-state index contributed by atoms with van der Waals surface area (Å²) in [7, 11) is 0. The first-order valence-electron chi connectivity index (χ1n) is 9.40. The SMILES string of the molecule is O=C(NC1(c2cccc(Br)c2)CCOCC1)c1ccc(=O)n(-c2ccccc2)n1. The Morgan fingerprint density at radius 1 is 1.03 bits per heavy atom. The predicted octanol–water partition coefficient (Wildman–Crippen LogP) is 3.43. The van der Waals surface area contributed by atoms with E-state index in [1.165, 1.54) is 16.8 Å². The highest BCUT2D eigenvalue weighted by atomic mass is 79.9. The van der Waals surface area contributed by atoms with Gasteiger partial charge in [-0.1, -0.05) is 46.3 Å². The summed E-state index contributed by atoms with van der Waals surface area (Å²) in [6, 6.07) is 19.8. The molecule has 0 saturated carbocycles. The molecule has 2 heterocycles. The van der Waals surface area contributed by atoms with E-state index in [4.69, 9.17) is 4.74 Å². The minimum atomic E-state index is -0.547. The Labute approximate surface area is 176 Å². The molecule has 148 valence electrons. The Morgan fingerprint density at radius 3 is 2.52 bits per heavy atom. The largest absolute Gasteiger partial charge is 0.381 e. The van der Waals surface area contributed by atoms with Crippen LogP contribution in [0.5, 0.6) is 0 Å². The molecule has 0 spiro atoms. The average Bonchev–Trinajstić information content (AvgIpc) is 2.75. The van der Waals surface area contributed by atoms with Gasteiger partial charge < -0.3 is 10.1 Å². The van der Waals surface area contributed by atoms with Gasteiger partial charge in [0.1, 0.15) is 5.69 Å². The van der Waals surface area contributed by atoms with Gasteiger partial charge in [0.15, 0.2) is 0 Å². The van der Waals surface area contributed by atoms with Crippen molar-refractivity contribution in [1.82, 2.24) is 15.1 Å². The lowest BCUT2D eigenvalue weighted by atomic mass is 9.82. The molecule has 1 amide bonds. The molecule has 3 aromatic rings. The number of carbonyl (C=O) groups excluding carboxylic acids is 1. The third kappa shape index (κ3) is 4.16. The Hall–Kier alpha value is -2.77. The zero-order valence-electron chi connectivity index (χ0n) is 15.7. The van der Waals surface area contributed by atoms with Gasteiger partial charge in [0.05, 0.1) is 11.2 Å². The molecule has 6 nitrogen and oxygen atoms in total. The highest BCUT2D eigenvalue weighted by molar-refractivity contribution is 9.10. The van der Waals surface area contributed by atoms with Crippen LogP contribution in [0, 0.1) is 0 Å². The number of nitrogens with zero attached hydrogens (tertiary/aromatic N) is 2. The van der Waals surface area contributed by atoms with Gasteiger partial charge in [0.2, 0.25) is 0 Å². The summed E-state index contributed by atoms with van der Waals surface area (Å²) < 4.78 is 7.72. The molecule has 0 unspecified atom stereocenters. The van der Waals surface area contributed by atoms with Crippen molar-refractivity contribution in [3.8, 4) is 5.69 Å². The molecule has 0 aliphatic carbocycles. The van der Waals surface area contributed by atoms with Crippen LogP contribution in [-0.2, 0) is 10.3 Å². The van der Waals surface area contributed by atoms with Gasteiger partial charge >= 0.3 is 0 Å². The summed E-state index contributed by atoms with van der Waals surface area (Å²) in [5, 5.41) is 7.47. The third-order valence-electron chi connectivity index (χ3n) is 5.11. The van der Waals surface area contributed by atoms with Crippen LogP contribution in [0.1, 0.15) is 28.9 Å². The predicted molar refractivity (Wildman–Crippen MR) is 113 cm³/mol. The number of amides is 1. The monoisotopic (exact) mass is 453 g/mol. The number of hydrogen-bond donors (Lipinski definition) is 1. The van der Waals surface area contributed by atoms with Crippen molar-refractivity contribution in [3.63, 3.8) is 0 Å². The maximum absolute atomic E-state index is 13.1. The van der Waals surface area contributed by atoms with E-state index in [0.717, 1.165) is 10.0 Å². The first-order valence-corrected chi connectivity index (χ1v) is 10.2. The second kappa shape index (κ2) is 8.31. The molecule has 0 bridgehead atoms. The lowest BCUT2D eigenvalue weighted by Gasteiger charge is -2.38. The second-order valence-electron chi connectivity index (χ2n) is 6.96. The Bertz CT molecular complexity index is 1080. The van der Waals surface area contributed by atoms with E-state index in [9.17, 15) is 9.59 Å². The van der Waals surface area contributed by atoms with E-state index in [1.807, 2.05) is 42.5 Å². The zero-order valence-corrected chi connectivity index (χ0v) is 17.3. The second-order valence-corrected chi connectivity index (χ2v) is 7.88. The quantitative estimate of drug-likeness (QED) is 0.656. The van der Waals surface area contributed by atoms with E-state index < -0.39 is 5.54 Å². The van der Waals surface area contributed by atoms with Crippen LogP contribution in [0.3, 0.4) is 0 Å². The molecule has 0 atom stereocenters. The fourth-order valence-corrected chi connectivity index (χ4v) is 3.96. The Morgan fingerprint density at radius 2 is 1.79 bits per heavy atom. The molecule has 1 saturated heterocycles. The zero-order chi connectivity index (χ0) is 20.3. The normalized spacial score (nSPS) is 15.6. The number of hydrogen-bond acceptors (Lipinski definition) is 4. The number of nitrogens with one attached hydrogen (secondary N) is 1. The molecule has 0 radical (unpaired) electrons. The summed E-state index contributed by atoms with van der Waals surface area (Å²) >= 11 is 3.51. The molecule has 1 N–H and O–H groups in total. The molecule has 1 aliphatic heterocycles. The van der Waals surface area contributed by atoms with E-state index in [1.54, 1.807) is 12.1 Å². The van der Waals surface area contributed by atoms with Crippen molar-refractivity contribution < 1.29 is 9.53 Å². The molecule has 29 heavy (non-hydrogen) atoms. The number of ether oxygens (including phenoxy) is 1. The number of aromatic nitrogens is 2. The van der Waals surface area contributed by atoms with Crippen LogP contribution in [-0.4, -0.2) is 28.9 Å². The van der Waals surface area contributed by atoms with Gasteiger partial charge in [-0.25, -0.2) is 0 Å². The topological polar surface area (TPSA) is 73.2 Å². The van der Waals surface area contributed by atoms with Crippen molar-refractivity contribution in [3.05, 3.63) is 92.8 Å². The third-order valence-corrected chi connectivity index (χ3v) is 5.60. The number of rotatable bonds is 4. The number of carbonyl (C=O) groups is 1. The smallest absolute Gasteiger partial charge is 0.272 e. The van der Waals surface area contributed by atoms with Gasteiger partial charge in [-0.3, -0.25) is 9.59 Å².